The van der Waals surface area contributed by atoms with E-state index in [2.05, 4.69) is 19.2 Å². The molecule has 4 heteroatoms. The molecule has 102 valence electrons. The van der Waals surface area contributed by atoms with Gasteiger partial charge in [-0.15, -0.1) is 0 Å². The molecule has 0 aromatic heterocycles. The second-order valence-electron chi connectivity index (χ2n) is 4.76. The van der Waals surface area contributed by atoms with Gasteiger partial charge in [0.25, 0.3) is 0 Å². The second kappa shape index (κ2) is 8.35. The first-order valence-electron chi connectivity index (χ1n) is 6.35. The molecule has 0 heterocycles. The zero-order valence-corrected chi connectivity index (χ0v) is 11.8. The summed E-state index contributed by atoms with van der Waals surface area (Å²) in [7, 11) is 0. The summed E-state index contributed by atoms with van der Waals surface area (Å²) < 4.78 is 5.50. The van der Waals surface area contributed by atoms with Crippen molar-refractivity contribution < 1.29 is 9.84 Å². The fourth-order valence-corrected chi connectivity index (χ4v) is 1.66. The van der Waals surface area contributed by atoms with Crippen molar-refractivity contribution in [3.05, 3.63) is 28.8 Å². The smallest absolute Gasteiger partial charge is 0.134 e. The largest absolute Gasteiger partial charge is 0.506 e. The van der Waals surface area contributed by atoms with E-state index in [1.807, 2.05) is 6.07 Å². The third kappa shape index (κ3) is 6.24. The molecule has 0 atom stereocenters. The summed E-state index contributed by atoms with van der Waals surface area (Å²) in [4.78, 5) is 0. The fourth-order valence-electron chi connectivity index (χ4n) is 1.46. The van der Waals surface area contributed by atoms with Crippen LogP contribution < -0.4 is 5.32 Å². The Bertz CT molecular complexity index is 356. The van der Waals surface area contributed by atoms with Crippen LogP contribution in [-0.2, 0) is 11.3 Å². The molecule has 0 fully saturated rings. The topological polar surface area (TPSA) is 41.5 Å². The summed E-state index contributed by atoms with van der Waals surface area (Å²) in [6.07, 6.45) is 1.10. The molecule has 0 aliphatic carbocycles. The van der Waals surface area contributed by atoms with E-state index in [-0.39, 0.29) is 5.75 Å². The predicted molar refractivity (Wildman–Crippen MR) is 75.1 cm³/mol. The van der Waals surface area contributed by atoms with E-state index in [4.69, 9.17) is 16.3 Å². The molecule has 0 saturated carbocycles. The van der Waals surface area contributed by atoms with Crippen LogP contribution in [-0.4, -0.2) is 24.9 Å². The lowest BCUT2D eigenvalue weighted by molar-refractivity contribution is 0.125. The lowest BCUT2D eigenvalue weighted by Crippen LogP contribution is -2.19. The Morgan fingerprint density at radius 1 is 1.33 bits per heavy atom. The van der Waals surface area contributed by atoms with E-state index in [1.165, 1.54) is 0 Å². The number of hydrogen-bond acceptors (Lipinski definition) is 3. The molecule has 0 spiro atoms. The van der Waals surface area contributed by atoms with Gasteiger partial charge in [-0.05, 0) is 30.0 Å². The maximum atomic E-state index is 9.28. The molecular weight excluding hydrogens is 250 g/mol. The van der Waals surface area contributed by atoms with Gasteiger partial charge in [0.2, 0.25) is 0 Å². The quantitative estimate of drug-likeness (QED) is 0.714. The Hall–Kier alpha value is -0.770. The van der Waals surface area contributed by atoms with Crippen LogP contribution in [0.3, 0.4) is 0 Å². The molecule has 0 radical (unpaired) electrons. The van der Waals surface area contributed by atoms with Crippen LogP contribution in [0.5, 0.6) is 5.75 Å². The molecule has 1 aromatic rings. The normalized spacial score (nSPS) is 11.1. The lowest BCUT2D eigenvalue weighted by atomic mass is 10.1. The number of aromatic hydroxyl groups is 1. The standard InChI is InChI=1S/C14H22ClNO2/c1-11(2)5-7-18-8-6-16-10-12-3-4-14(17)13(15)9-12/h3-4,9,11,16-17H,5-8,10H2,1-2H3. The van der Waals surface area contributed by atoms with Crippen LogP contribution >= 0.6 is 11.6 Å². The monoisotopic (exact) mass is 271 g/mol. The maximum Gasteiger partial charge on any atom is 0.134 e. The molecule has 18 heavy (non-hydrogen) atoms. The van der Waals surface area contributed by atoms with Gasteiger partial charge in [-0.1, -0.05) is 31.5 Å². The highest BCUT2D eigenvalue weighted by atomic mass is 35.5. The Labute approximate surface area is 114 Å². The molecule has 1 aromatic carbocycles. The molecule has 0 aliphatic rings. The predicted octanol–water partition coefficient (Wildman–Crippen LogP) is 3.20. The first-order valence-corrected chi connectivity index (χ1v) is 6.73. The van der Waals surface area contributed by atoms with Crippen LogP contribution in [0.4, 0.5) is 0 Å². The van der Waals surface area contributed by atoms with E-state index in [9.17, 15) is 5.11 Å². The molecule has 0 amide bonds. The van der Waals surface area contributed by atoms with Crippen LogP contribution in [0.2, 0.25) is 5.02 Å². The van der Waals surface area contributed by atoms with Crippen LogP contribution in [0.25, 0.3) is 0 Å². The van der Waals surface area contributed by atoms with E-state index < -0.39 is 0 Å². The van der Waals surface area contributed by atoms with Gasteiger partial charge >= 0.3 is 0 Å². The average molecular weight is 272 g/mol. The van der Waals surface area contributed by atoms with Gasteiger partial charge in [0.1, 0.15) is 5.75 Å². The van der Waals surface area contributed by atoms with Crippen molar-refractivity contribution in [2.24, 2.45) is 5.92 Å². The first kappa shape index (κ1) is 15.3. The van der Waals surface area contributed by atoms with Gasteiger partial charge in [-0.3, -0.25) is 0 Å². The van der Waals surface area contributed by atoms with Crippen molar-refractivity contribution in [1.29, 1.82) is 0 Å². The summed E-state index contributed by atoms with van der Waals surface area (Å²) in [5, 5.41) is 12.9. The lowest BCUT2D eigenvalue weighted by Gasteiger charge is -2.08. The highest BCUT2D eigenvalue weighted by Crippen LogP contribution is 2.23. The van der Waals surface area contributed by atoms with Gasteiger partial charge in [0.15, 0.2) is 0 Å². The van der Waals surface area contributed by atoms with Crippen molar-refractivity contribution in [3.63, 3.8) is 0 Å². The maximum absolute atomic E-state index is 9.28. The molecule has 3 nitrogen and oxygen atoms in total. The minimum atomic E-state index is 0.123. The minimum absolute atomic E-state index is 0.123. The molecule has 1 rings (SSSR count). The van der Waals surface area contributed by atoms with Crippen LogP contribution in [0, 0.1) is 5.92 Å². The highest BCUT2D eigenvalue weighted by Gasteiger charge is 1.99. The summed E-state index contributed by atoms with van der Waals surface area (Å²) >= 11 is 5.82. The number of nitrogens with one attached hydrogen (secondary N) is 1. The number of rotatable bonds is 8. The van der Waals surface area contributed by atoms with Crippen LogP contribution in [0.1, 0.15) is 25.8 Å². The van der Waals surface area contributed by atoms with E-state index in [0.717, 1.165) is 38.3 Å². The van der Waals surface area contributed by atoms with Gasteiger partial charge in [0, 0.05) is 19.7 Å². The van der Waals surface area contributed by atoms with Crippen molar-refractivity contribution in [3.8, 4) is 5.75 Å². The SMILES string of the molecule is CC(C)CCOCCNCc1ccc(O)c(Cl)c1. The van der Waals surface area contributed by atoms with Gasteiger partial charge in [0.05, 0.1) is 11.6 Å². The zero-order chi connectivity index (χ0) is 13.4. The summed E-state index contributed by atoms with van der Waals surface area (Å²) in [5.74, 6) is 0.814. The van der Waals surface area contributed by atoms with E-state index >= 15 is 0 Å². The average Bonchev–Trinajstić information content (AvgIpc) is 2.32. The van der Waals surface area contributed by atoms with Crippen molar-refractivity contribution in [2.45, 2.75) is 26.8 Å². The minimum Gasteiger partial charge on any atom is -0.506 e. The Morgan fingerprint density at radius 2 is 2.11 bits per heavy atom. The third-order valence-corrected chi connectivity index (χ3v) is 2.91. The molecule has 0 aliphatic heterocycles. The Balaban J connectivity index is 2.09. The van der Waals surface area contributed by atoms with Crippen molar-refractivity contribution >= 4 is 11.6 Å². The number of ether oxygens (including phenoxy) is 1. The molecule has 0 saturated heterocycles. The molecule has 0 bridgehead atoms. The Morgan fingerprint density at radius 3 is 2.78 bits per heavy atom. The van der Waals surface area contributed by atoms with Crippen LogP contribution in [0.15, 0.2) is 18.2 Å². The van der Waals surface area contributed by atoms with Crippen molar-refractivity contribution in [1.82, 2.24) is 5.32 Å². The van der Waals surface area contributed by atoms with Crippen molar-refractivity contribution in [2.75, 3.05) is 19.8 Å². The molecule has 0 unspecified atom stereocenters. The number of halogens is 1. The summed E-state index contributed by atoms with van der Waals surface area (Å²) in [6.45, 7) is 7.47. The second-order valence-corrected chi connectivity index (χ2v) is 5.16. The number of hydrogen-bond donors (Lipinski definition) is 2. The summed E-state index contributed by atoms with van der Waals surface area (Å²) in [5.41, 5.74) is 1.06. The van der Waals surface area contributed by atoms with Gasteiger partial charge in [-0.25, -0.2) is 0 Å². The Kier molecular flexibility index (Phi) is 7.09. The fraction of sp³-hybridized carbons (Fsp3) is 0.571. The first-order chi connectivity index (χ1) is 8.59. The third-order valence-electron chi connectivity index (χ3n) is 2.60. The highest BCUT2D eigenvalue weighted by molar-refractivity contribution is 6.32. The number of phenols is 1. The number of benzene rings is 1. The number of phenolic OH excluding ortho intramolecular Hbond substituents is 1. The van der Waals surface area contributed by atoms with E-state index in [0.29, 0.717) is 10.9 Å². The molecular formula is C14H22ClNO2. The van der Waals surface area contributed by atoms with Gasteiger partial charge < -0.3 is 15.2 Å². The molecule has 2 N–H and O–H groups in total. The van der Waals surface area contributed by atoms with Gasteiger partial charge in [-0.2, -0.15) is 0 Å². The van der Waals surface area contributed by atoms with E-state index in [1.54, 1.807) is 12.1 Å². The summed E-state index contributed by atoms with van der Waals surface area (Å²) in [6, 6.07) is 5.23. The zero-order valence-electron chi connectivity index (χ0n) is 11.1.